The van der Waals surface area contributed by atoms with Crippen LogP contribution in [0.1, 0.15) is 13.3 Å². The van der Waals surface area contributed by atoms with Crippen LogP contribution in [-0.2, 0) is 9.47 Å². The molecule has 0 fully saturated rings. The van der Waals surface area contributed by atoms with E-state index in [1.165, 1.54) is 5.57 Å². The first-order valence-electron chi connectivity index (χ1n) is 7.67. The third kappa shape index (κ3) is 2.95. The first-order valence-corrected chi connectivity index (χ1v) is 8.46. The van der Waals surface area contributed by atoms with Gasteiger partial charge in [0.05, 0.1) is 14.2 Å². The number of fused-ring (bicyclic) bond motifs is 1. The predicted octanol–water partition coefficient (Wildman–Crippen LogP) is 5.16. The van der Waals surface area contributed by atoms with Gasteiger partial charge in [0.1, 0.15) is 0 Å². The summed E-state index contributed by atoms with van der Waals surface area (Å²) < 4.78 is 12.1. The Hall–Kier alpha value is -1.94. The number of rotatable bonds is 5. The van der Waals surface area contributed by atoms with Crippen LogP contribution in [0.2, 0.25) is 0 Å². The first kappa shape index (κ1) is 15.9. The molecule has 3 nitrogen and oxygen atoms in total. The fraction of sp³-hybridized carbons (Fsp3) is 0.263. The maximum Gasteiger partial charge on any atom is 0.167 e. The molecular formula is C19H20BrNO2. The van der Waals surface area contributed by atoms with Gasteiger partial charge in [-0.05, 0) is 48.4 Å². The van der Waals surface area contributed by atoms with Gasteiger partial charge in [0, 0.05) is 27.3 Å². The molecular weight excluding hydrogens is 354 g/mol. The highest BCUT2D eigenvalue weighted by atomic mass is 79.9. The SMILES string of the molecule is CCC1C=C(OC)C(OC)=C2C=CC(Nc3cccc(Br)c3)=C21. The molecule has 0 heterocycles. The van der Waals surface area contributed by atoms with Crippen LogP contribution in [0.5, 0.6) is 0 Å². The van der Waals surface area contributed by atoms with Gasteiger partial charge in [-0.15, -0.1) is 0 Å². The molecule has 1 unspecified atom stereocenters. The maximum atomic E-state index is 5.58. The summed E-state index contributed by atoms with van der Waals surface area (Å²) in [6.07, 6.45) is 7.37. The molecule has 1 aromatic carbocycles. The molecule has 3 rings (SSSR count). The Bertz CT molecular complexity index is 743. The second-order valence-electron chi connectivity index (χ2n) is 5.49. The molecule has 2 aliphatic carbocycles. The van der Waals surface area contributed by atoms with Crippen LogP contribution in [0.25, 0.3) is 0 Å². The molecule has 0 saturated heterocycles. The minimum atomic E-state index is 0.309. The van der Waals surface area contributed by atoms with Gasteiger partial charge >= 0.3 is 0 Å². The van der Waals surface area contributed by atoms with Gasteiger partial charge in [-0.3, -0.25) is 0 Å². The fourth-order valence-electron chi connectivity index (χ4n) is 3.09. The van der Waals surface area contributed by atoms with Crippen LogP contribution < -0.4 is 5.32 Å². The maximum absolute atomic E-state index is 5.58. The molecule has 0 aromatic heterocycles. The summed E-state index contributed by atoms with van der Waals surface area (Å²) in [5.41, 5.74) is 4.55. The third-order valence-electron chi connectivity index (χ3n) is 4.16. The lowest BCUT2D eigenvalue weighted by molar-refractivity contribution is 0.213. The smallest absolute Gasteiger partial charge is 0.167 e. The summed E-state index contributed by atoms with van der Waals surface area (Å²) in [4.78, 5) is 0. The highest BCUT2D eigenvalue weighted by Crippen LogP contribution is 2.42. The molecule has 0 spiro atoms. The van der Waals surface area contributed by atoms with E-state index in [1.54, 1.807) is 14.2 Å². The van der Waals surface area contributed by atoms with Crippen LogP contribution in [0.3, 0.4) is 0 Å². The molecule has 0 aliphatic heterocycles. The normalized spacial score (nSPS) is 19.7. The molecule has 0 amide bonds. The van der Waals surface area contributed by atoms with E-state index in [9.17, 15) is 0 Å². The van der Waals surface area contributed by atoms with Crippen LogP contribution in [-0.4, -0.2) is 14.2 Å². The Kier molecular flexibility index (Phi) is 4.62. The van der Waals surface area contributed by atoms with Crippen molar-refractivity contribution in [3.05, 3.63) is 75.3 Å². The lowest BCUT2D eigenvalue weighted by Crippen LogP contribution is -2.15. The number of nitrogens with one attached hydrogen (secondary N) is 1. The van der Waals surface area contributed by atoms with Gasteiger partial charge in [-0.2, -0.15) is 0 Å². The molecule has 0 bridgehead atoms. The van der Waals surface area contributed by atoms with Crippen molar-refractivity contribution in [1.29, 1.82) is 0 Å². The van der Waals surface area contributed by atoms with E-state index in [-0.39, 0.29) is 0 Å². The zero-order chi connectivity index (χ0) is 16.4. The lowest BCUT2D eigenvalue weighted by atomic mass is 9.86. The summed E-state index contributed by atoms with van der Waals surface area (Å²) in [7, 11) is 3.37. The Morgan fingerprint density at radius 2 is 2.00 bits per heavy atom. The second kappa shape index (κ2) is 6.67. The van der Waals surface area contributed by atoms with Crippen molar-refractivity contribution in [2.24, 2.45) is 5.92 Å². The van der Waals surface area contributed by atoms with Crippen molar-refractivity contribution < 1.29 is 9.47 Å². The quantitative estimate of drug-likeness (QED) is 0.773. The van der Waals surface area contributed by atoms with Crippen molar-refractivity contribution in [3.8, 4) is 0 Å². The predicted molar refractivity (Wildman–Crippen MR) is 96.8 cm³/mol. The molecule has 2 aliphatic rings. The summed E-state index contributed by atoms with van der Waals surface area (Å²) in [5, 5.41) is 3.53. The first-order chi connectivity index (χ1) is 11.2. The van der Waals surface area contributed by atoms with Gasteiger partial charge in [-0.1, -0.05) is 28.9 Å². The number of hydrogen-bond donors (Lipinski definition) is 1. The highest BCUT2D eigenvalue weighted by molar-refractivity contribution is 9.10. The third-order valence-corrected chi connectivity index (χ3v) is 4.65. The minimum Gasteiger partial charge on any atom is -0.493 e. The van der Waals surface area contributed by atoms with Gasteiger partial charge in [0.15, 0.2) is 11.5 Å². The number of benzene rings is 1. The molecule has 23 heavy (non-hydrogen) atoms. The average Bonchev–Trinajstić information content (AvgIpc) is 2.97. The average molecular weight is 374 g/mol. The number of anilines is 1. The Morgan fingerprint density at radius 3 is 2.65 bits per heavy atom. The number of halogens is 1. The summed E-state index contributed by atoms with van der Waals surface area (Å²) in [5.74, 6) is 1.92. The van der Waals surface area contributed by atoms with Crippen LogP contribution in [0.15, 0.2) is 75.3 Å². The van der Waals surface area contributed by atoms with E-state index >= 15 is 0 Å². The Labute approximate surface area is 145 Å². The van der Waals surface area contributed by atoms with Crippen LogP contribution in [0, 0.1) is 5.92 Å². The molecule has 120 valence electrons. The summed E-state index contributed by atoms with van der Waals surface area (Å²) >= 11 is 3.51. The van der Waals surface area contributed by atoms with Gasteiger partial charge in [-0.25, -0.2) is 0 Å². The van der Waals surface area contributed by atoms with E-state index in [0.717, 1.165) is 39.4 Å². The topological polar surface area (TPSA) is 30.5 Å². The molecule has 0 radical (unpaired) electrons. The summed E-state index contributed by atoms with van der Waals surface area (Å²) in [6, 6.07) is 8.17. The number of hydrogen-bond acceptors (Lipinski definition) is 3. The zero-order valence-corrected chi connectivity index (χ0v) is 15.1. The van der Waals surface area contributed by atoms with E-state index < -0.39 is 0 Å². The standard InChI is InChI=1S/C19H20BrNO2/c1-4-12-10-17(22-2)19(23-3)15-8-9-16(18(12)15)21-14-7-5-6-13(20)11-14/h5-12,21H,4H2,1-3H3. The highest BCUT2D eigenvalue weighted by Gasteiger charge is 2.31. The van der Waals surface area contributed by atoms with E-state index in [1.807, 2.05) is 12.1 Å². The van der Waals surface area contributed by atoms with Crippen molar-refractivity contribution in [1.82, 2.24) is 0 Å². The van der Waals surface area contributed by atoms with Crippen molar-refractivity contribution >= 4 is 21.6 Å². The number of ether oxygens (including phenoxy) is 2. The number of allylic oxidation sites excluding steroid dienone is 5. The molecule has 1 aromatic rings. The largest absolute Gasteiger partial charge is 0.493 e. The van der Waals surface area contributed by atoms with E-state index in [4.69, 9.17) is 9.47 Å². The van der Waals surface area contributed by atoms with E-state index in [2.05, 4.69) is 58.5 Å². The Morgan fingerprint density at radius 1 is 1.17 bits per heavy atom. The van der Waals surface area contributed by atoms with Gasteiger partial charge in [0.2, 0.25) is 0 Å². The molecule has 1 atom stereocenters. The van der Waals surface area contributed by atoms with Crippen molar-refractivity contribution in [3.63, 3.8) is 0 Å². The van der Waals surface area contributed by atoms with Gasteiger partial charge < -0.3 is 14.8 Å². The van der Waals surface area contributed by atoms with Crippen molar-refractivity contribution in [2.45, 2.75) is 13.3 Å². The summed E-state index contributed by atoms with van der Waals surface area (Å²) in [6.45, 7) is 2.19. The minimum absolute atomic E-state index is 0.309. The lowest BCUT2D eigenvalue weighted by Gasteiger charge is -2.26. The molecule has 4 heteroatoms. The zero-order valence-electron chi connectivity index (χ0n) is 13.5. The van der Waals surface area contributed by atoms with Gasteiger partial charge in [0.25, 0.3) is 0 Å². The number of methoxy groups -OCH3 is 2. The fourth-order valence-corrected chi connectivity index (χ4v) is 3.49. The second-order valence-corrected chi connectivity index (χ2v) is 6.41. The molecule has 1 N–H and O–H groups in total. The van der Waals surface area contributed by atoms with Crippen LogP contribution >= 0.6 is 15.9 Å². The monoisotopic (exact) mass is 373 g/mol. The van der Waals surface area contributed by atoms with E-state index in [0.29, 0.717) is 5.92 Å². The molecule has 0 saturated carbocycles. The van der Waals surface area contributed by atoms with Crippen molar-refractivity contribution in [2.75, 3.05) is 19.5 Å². The Balaban J connectivity index is 2.03. The van der Waals surface area contributed by atoms with Crippen LogP contribution in [0.4, 0.5) is 5.69 Å².